The van der Waals surface area contributed by atoms with E-state index in [1.54, 1.807) is 31.3 Å². The molecule has 0 spiro atoms. The SMILES string of the molecule is CCOc1cc([C@H]2NC(=O)NC(C)=C2C(=O)OC)ccc1OC[C@@H](O)N/N=C\c1cc(Br)c(OCc2cccc3ccccc23)c(I)c1. The molecule has 4 aromatic rings. The van der Waals surface area contributed by atoms with E-state index < -0.39 is 24.3 Å². The van der Waals surface area contributed by atoms with Gasteiger partial charge in [-0.2, -0.15) is 5.10 Å². The fraction of sp³-hybridized carbons (Fsp3) is 0.229. The molecule has 13 heteroatoms. The number of hydrogen-bond donors (Lipinski definition) is 4. The van der Waals surface area contributed by atoms with Gasteiger partial charge >= 0.3 is 12.0 Å². The van der Waals surface area contributed by atoms with Gasteiger partial charge < -0.3 is 34.7 Å². The third-order valence-electron chi connectivity index (χ3n) is 7.38. The number of fused-ring (bicyclic) bond motifs is 1. The Morgan fingerprint density at radius 1 is 1.08 bits per heavy atom. The summed E-state index contributed by atoms with van der Waals surface area (Å²) in [5.41, 5.74) is 5.82. The average molecular weight is 829 g/mol. The zero-order valence-electron chi connectivity index (χ0n) is 26.4. The molecule has 0 saturated heterocycles. The van der Waals surface area contributed by atoms with Gasteiger partial charge in [-0.1, -0.05) is 48.5 Å². The Hall–Kier alpha value is -4.34. The van der Waals surface area contributed by atoms with Crippen molar-refractivity contribution in [3.05, 3.63) is 109 Å². The molecule has 250 valence electrons. The van der Waals surface area contributed by atoms with Gasteiger partial charge in [0.15, 0.2) is 17.7 Å². The molecular weight excluding hydrogens is 795 g/mol. The molecule has 11 nitrogen and oxygen atoms in total. The molecule has 1 heterocycles. The second-order valence-electron chi connectivity index (χ2n) is 10.7. The van der Waals surface area contributed by atoms with E-state index in [2.05, 4.69) is 83.9 Å². The van der Waals surface area contributed by atoms with Crippen LogP contribution in [0.3, 0.4) is 0 Å². The third kappa shape index (κ3) is 8.38. The van der Waals surface area contributed by atoms with Gasteiger partial charge in [0, 0.05) is 5.70 Å². The van der Waals surface area contributed by atoms with Crippen LogP contribution >= 0.6 is 38.5 Å². The van der Waals surface area contributed by atoms with Crippen molar-refractivity contribution in [2.24, 2.45) is 5.10 Å². The third-order valence-corrected chi connectivity index (χ3v) is 8.77. The minimum atomic E-state index is -1.14. The number of esters is 1. The lowest BCUT2D eigenvalue weighted by Gasteiger charge is -2.28. The normalized spacial score (nSPS) is 15.1. The van der Waals surface area contributed by atoms with Crippen molar-refractivity contribution < 1.29 is 33.6 Å². The summed E-state index contributed by atoms with van der Waals surface area (Å²) >= 11 is 5.84. The van der Waals surface area contributed by atoms with Crippen LogP contribution in [-0.4, -0.2) is 49.9 Å². The molecule has 0 aliphatic carbocycles. The van der Waals surface area contributed by atoms with Crippen molar-refractivity contribution in [3.8, 4) is 17.2 Å². The van der Waals surface area contributed by atoms with Crippen molar-refractivity contribution in [1.29, 1.82) is 0 Å². The van der Waals surface area contributed by atoms with Crippen LogP contribution in [-0.2, 0) is 16.1 Å². The van der Waals surface area contributed by atoms with Gasteiger partial charge in [0.05, 0.1) is 39.6 Å². The molecule has 0 bridgehead atoms. The maximum Gasteiger partial charge on any atom is 0.337 e. The number of rotatable bonds is 13. The van der Waals surface area contributed by atoms with Gasteiger partial charge in [-0.15, -0.1) is 0 Å². The van der Waals surface area contributed by atoms with Crippen LogP contribution in [0, 0.1) is 3.57 Å². The van der Waals surface area contributed by atoms with Crippen LogP contribution < -0.4 is 30.3 Å². The molecule has 1 aliphatic heterocycles. The first-order chi connectivity index (χ1) is 23.2. The summed E-state index contributed by atoms with van der Waals surface area (Å²) in [5.74, 6) is 0.904. The second-order valence-corrected chi connectivity index (χ2v) is 12.7. The number of methoxy groups -OCH3 is 1. The minimum absolute atomic E-state index is 0.143. The molecular formula is C35H34BrIN4O7. The molecule has 5 rings (SSSR count). The number of aliphatic hydroxyl groups is 1. The summed E-state index contributed by atoms with van der Waals surface area (Å²) in [7, 11) is 1.28. The van der Waals surface area contributed by atoms with Crippen LogP contribution in [0.2, 0.25) is 0 Å². The first-order valence-corrected chi connectivity index (χ1v) is 16.9. The highest BCUT2D eigenvalue weighted by molar-refractivity contribution is 14.1. The number of nitrogens with zero attached hydrogens (tertiary/aromatic N) is 1. The largest absolute Gasteiger partial charge is 0.490 e. The summed E-state index contributed by atoms with van der Waals surface area (Å²) in [6.45, 7) is 4.07. The minimum Gasteiger partial charge on any atom is -0.490 e. The van der Waals surface area contributed by atoms with E-state index in [4.69, 9.17) is 18.9 Å². The Kier molecular flexibility index (Phi) is 11.8. The zero-order chi connectivity index (χ0) is 34.2. The van der Waals surface area contributed by atoms with Crippen molar-refractivity contribution in [2.45, 2.75) is 32.7 Å². The van der Waals surface area contributed by atoms with E-state index in [0.717, 1.165) is 30.3 Å². The number of halogens is 2. The number of allylic oxidation sites excluding steroid dienone is 1. The Bertz CT molecular complexity index is 1850. The van der Waals surface area contributed by atoms with E-state index in [9.17, 15) is 14.7 Å². The lowest BCUT2D eigenvalue weighted by atomic mass is 9.95. The number of ether oxygens (including phenoxy) is 4. The van der Waals surface area contributed by atoms with Crippen molar-refractivity contribution in [1.82, 2.24) is 16.1 Å². The van der Waals surface area contributed by atoms with E-state index in [1.807, 2.05) is 37.3 Å². The van der Waals surface area contributed by atoms with E-state index >= 15 is 0 Å². The average Bonchev–Trinajstić information content (AvgIpc) is 3.07. The number of hydrazone groups is 1. The van der Waals surface area contributed by atoms with Crippen molar-refractivity contribution in [2.75, 3.05) is 20.3 Å². The molecule has 0 saturated carbocycles. The predicted octanol–water partition coefficient (Wildman–Crippen LogP) is 6.31. The van der Waals surface area contributed by atoms with Gasteiger partial charge in [0.1, 0.15) is 19.0 Å². The number of carbonyl (C=O) groups excluding carboxylic acids is 2. The highest BCUT2D eigenvalue weighted by Gasteiger charge is 2.32. The van der Waals surface area contributed by atoms with Crippen LogP contribution in [0.5, 0.6) is 17.2 Å². The van der Waals surface area contributed by atoms with Crippen LogP contribution in [0.1, 0.15) is 36.6 Å². The molecule has 0 aromatic heterocycles. The van der Waals surface area contributed by atoms with Gasteiger partial charge in [0.2, 0.25) is 0 Å². The topological polar surface area (TPSA) is 140 Å². The lowest BCUT2D eigenvalue weighted by molar-refractivity contribution is -0.136. The number of urea groups is 1. The zero-order valence-corrected chi connectivity index (χ0v) is 30.1. The maximum atomic E-state index is 12.5. The number of amides is 2. The van der Waals surface area contributed by atoms with Crippen molar-refractivity contribution in [3.63, 3.8) is 0 Å². The van der Waals surface area contributed by atoms with Gasteiger partial charge in [0.25, 0.3) is 0 Å². The summed E-state index contributed by atoms with van der Waals surface area (Å²) in [6.07, 6.45) is 0.452. The molecule has 0 fully saturated rings. The molecule has 48 heavy (non-hydrogen) atoms. The molecule has 0 radical (unpaired) electrons. The number of benzene rings is 4. The molecule has 1 aliphatic rings. The highest BCUT2D eigenvalue weighted by Crippen LogP contribution is 2.35. The van der Waals surface area contributed by atoms with Gasteiger partial charge in [-0.3, -0.25) is 5.43 Å². The smallest absolute Gasteiger partial charge is 0.337 e. The quantitative estimate of drug-likeness (QED) is 0.0405. The van der Waals surface area contributed by atoms with Crippen molar-refractivity contribution >= 4 is 67.5 Å². The lowest BCUT2D eigenvalue weighted by Crippen LogP contribution is -2.45. The second kappa shape index (κ2) is 16.2. The van der Waals surface area contributed by atoms with Gasteiger partial charge in [-0.25, -0.2) is 9.59 Å². The number of aliphatic hydroxyl groups excluding tert-OH is 1. The molecule has 4 N–H and O–H groups in total. The highest BCUT2D eigenvalue weighted by atomic mass is 127. The summed E-state index contributed by atoms with van der Waals surface area (Å²) in [5, 5.41) is 22.4. The number of carbonyl (C=O) groups is 2. The fourth-order valence-electron chi connectivity index (χ4n) is 5.18. The van der Waals surface area contributed by atoms with E-state index in [1.165, 1.54) is 12.5 Å². The molecule has 2 atom stereocenters. The number of nitrogens with one attached hydrogen (secondary N) is 3. The summed E-state index contributed by atoms with van der Waals surface area (Å²) < 4.78 is 24.4. The van der Waals surface area contributed by atoms with E-state index in [0.29, 0.717) is 36.0 Å². The Morgan fingerprint density at radius 3 is 2.65 bits per heavy atom. The van der Waals surface area contributed by atoms with Crippen LogP contribution in [0.15, 0.2) is 93.6 Å². The first kappa shape index (κ1) is 35.0. The van der Waals surface area contributed by atoms with Gasteiger partial charge in [-0.05, 0) is 104 Å². The van der Waals surface area contributed by atoms with E-state index in [-0.39, 0.29) is 12.2 Å². The van der Waals surface area contributed by atoms with Crippen LogP contribution in [0.4, 0.5) is 4.79 Å². The standard InChI is InChI=1S/C35H34BrIN4O7/c1-4-46-29-16-23(32-31(34(43)45-3)20(2)39-35(44)40-32)12-13-28(29)47-19-30(42)41-38-17-21-14-26(36)33(27(37)15-21)48-18-24-10-7-9-22-8-5-6-11-25(22)24/h5-17,30,32,41-42H,4,18-19H2,1-3H3,(H2,39,40,44)/b38-17-/t30-,32-/m1/s1. The Labute approximate surface area is 299 Å². The number of hydrogen-bond acceptors (Lipinski definition) is 9. The summed E-state index contributed by atoms with van der Waals surface area (Å²) in [4.78, 5) is 24.7. The Balaban J connectivity index is 1.19. The molecule has 0 unspecified atom stereocenters. The first-order valence-electron chi connectivity index (χ1n) is 15.0. The van der Waals surface area contributed by atoms with Crippen LogP contribution in [0.25, 0.3) is 10.8 Å². The predicted molar refractivity (Wildman–Crippen MR) is 194 cm³/mol. The molecule has 2 amide bonds. The monoisotopic (exact) mass is 828 g/mol. The Morgan fingerprint density at radius 2 is 1.88 bits per heavy atom. The maximum absolute atomic E-state index is 12.5. The fourth-order valence-corrected chi connectivity index (χ4v) is 6.95. The summed E-state index contributed by atoms with van der Waals surface area (Å²) in [6, 6.07) is 22.0. The molecule has 4 aromatic carbocycles.